The summed E-state index contributed by atoms with van der Waals surface area (Å²) in [7, 11) is 1.62. The maximum atomic E-state index is 13.8. The minimum absolute atomic E-state index is 0.0443. The average Bonchev–Trinajstić information content (AvgIpc) is 2.42. The van der Waals surface area contributed by atoms with Crippen LogP contribution in [-0.2, 0) is 6.42 Å². The summed E-state index contributed by atoms with van der Waals surface area (Å²) in [6, 6.07) is 10.4. The van der Waals surface area contributed by atoms with Gasteiger partial charge in [-0.1, -0.05) is 55.6 Å². The lowest BCUT2D eigenvalue weighted by Gasteiger charge is -2.14. The van der Waals surface area contributed by atoms with Crippen molar-refractivity contribution in [3.63, 3.8) is 0 Å². The number of alkyl halides is 1. The number of rotatable bonds is 4. The van der Waals surface area contributed by atoms with Gasteiger partial charge in [-0.05, 0) is 36.2 Å². The van der Waals surface area contributed by atoms with Crippen LogP contribution in [0.5, 0.6) is 5.75 Å². The molecule has 0 aliphatic carbocycles. The topological polar surface area (TPSA) is 9.23 Å². The molecule has 20 heavy (non-hydrogen) atoms. The first-order chi connectivity index (χ1) is 9.52. The van der Waals surface area contributed by atoms with Crippen molar-refractivity contribution in [2.24, 2.45) is 0 Å². The van der Waals surface area contributed by atoms with E-state index in [0.29, 0.717) is 17.0 Å². The van der Waals surface area contributed by atoms with Crippen LogP contribution in [0.3, 0.4) is 0 Å². The Labute approximate surface area is 139 Å². The lowest BCUT2D eigenvalue weighted by molar-refractivity contribution is 0.414. The summed E-state index contributed by atoms with van der Waals surface area (Å²) in [6.45, 7) is 0. The molecule has 1 unspecified atom stereocenters. The molecule has 2 rings (SSSR count). The molecule has 1 atom stereocenters. The molecule has 0 heterocycles. The molecule has 0 spiro atoms. The summed E-state index contributed by atoms with van der Waals surface area (Å²) < 4.78 is 19.9. The van der Waals surface area contributed by atoms with Gasteiger partial charge in [-0.2, -0.15) is 0 Å². The Hall–Kier alpha value is -0.580. The zero-order chi connectivity index (χ0) is 14.7. The van der Waals surface area contributed by atoms with Crippen LogP contribution in [0.2, 0.25) is 5.02 Å². The van der Waals surface area contributed by atoms with Gasteiger partial charge in [0.2, 0.25) is 0 Å². The normalized spacial score (nSPS) is 12.2. The Balaban J connectivity index is 2.26. The van der Waals surface area contributed by atoms with E-state index in [1.54, 1.807) is 19.2 Å². The second-order valence-corrected chi connectivity index (χ2v) is 6.63. The van der Waals surface area contributed by atoms with Gasteiger partial charge in [-0.15, -0.1) is 0 Å². The largest absolute Gasteiger partial charge is 0.497 e. The van der Waals surface area contributed by atoms with Crippen molar-refractivity contribution in [3.05, 3.63) is 62.8 Å². The van der Waals surface area contributed by atoms with Crippen molar-refractivity contribution in [3.8, 4) is 5.75 Å². The second kappa shape index (κ2) is 6.92. The number of hydrogen-bond donors (Lipinski definition) is 0. The quantitative estimate of drug-likeness (QED) is 0.555. The predicted molar refractivity (Wildman–Crippen MR) is 87.5 cm³/mol. The van der Waals surface area contributed by atoms with E-state index in [1.165, 1.54) is 6.07 Å². The molecule has 0 aliphatic heterocycles. The molecule has 0 aromatic heterocycles. The van der Waals surface area contributed by atoms with Crippen molar-refractivity contribution >= 4 is 43.5 Å². The van der Waals surface area contributed by atoms with Gasteiger partial charge >= 0.3 is 0 Å². The third-order valence-electron chi connectivity index (χ3n) is 2.99. The molecule has 5 heteroatoms. The molecule has 1 nitrogen and oxygen atoms in total. The molecule has 2 aromatic carbocycles. The summed E-state index contributed by atoms with van der Waals surface area (Å²) >= 11 is 13.2. The third kappa shape index (κ3) is 3.54. The lowest BCUT2D eigenvalue weighted by Crippen LogP contribution is -2.00. The SMILES string of the molecule is COc1ccc(C(Br)Cc2c(F)cccc2Cl)c(Br)c1. The molecule has 0 N–H and O–H groups in total. The number of ether oxygens (including phenoxy) is 1. The molecule has 106 valence electrons. The van der Waals surface area contributed by atoms with Crippen LogP contribution in [0.4, 0.5) is 4.39 Å². The summed E-state index contributed by atoms with van der Waals surface area (Å²) in [5.41, 5.74) is 1.53. The molecule has 0 saturated heterocycles. The Morgan fingerprint density at radius 1 is 1.30 bits per heavy atom. The van der Waals surface area contributed by atoms with E-state index in [1.807, 2.05) is 18.2 Å². The third-order valence-corrected chi connectivity index (χ3v) is 4.85. The van der Waals surface area contributed by atoms with Crippen molar-refractivity contribution < 1.29 is 9.13 Å². The maximum absolute atomic E-state index is 13.8. The molecule has 0 fully saturated rings. The Bertz CT molecular complexity index is 599. The predicted octanol–water partition coefficient (Wildman–Crippen LogP) is 5.93. The van der Waals surface area contributed by atoms with Crippen LogP contribution in [0, 0.1) is 5.82 Å². The van der Waals surface area contributed by atoms with Crippen LogP contribution in [0.1, 0.15) is 16.0 Å². The first-order valence-corrected chi connectivity index (χ1v) is 8.02. The van der Waals surface area contributed by atoms with Gasteiger partial charge in [0, 0.05) is 19.9 Å². The van der Waals surface area contributed by atoms with E-state index in [2.05, 4.69) is 31.9 Å². The standard InChI is InChI=1S/C15H12Br2ClFO/c1-20-9-5-6-10(12(16)7-9)13(17)8-11-14(18)3-2-4-15(11)19/h2-7,13H,8H2,1H3. The van der Waals surface area contributed by atoms with Gasteiger partial charge in [0.15, 0.2) is 0 Å². The van der Waals surface area contributed by atoms with Crippen molar-refractivity contribution in [2.75, 3.05) is 7.11 Å². The van der Waals surface area contributed by atoms with Gasteiger partial charge < -0.3 is 4.74 Å². The highest BCUT2D eigenvalue weighted by Crippen LogP contribution is 2.36. The smallest absolute Gasteiger partial charge is 0.127 e. The van der Waals surface area contributed by atoms with Crippen LogP contribution in [0.25, 0.3) is 0 Å². The molecular weight excluding hydrogens is 410 g/mol. The number of hydrogen-bond acceptors (Lipinski definition) is 1. The second-order valence-electron chi connectivity index (χ2n) is 4.26. The highest BCUT2D eigenvalue weighted by Gasteiger charge is 2.16. The number of benzene rings is 2. The van der Waals surface area contributed by atoms with E-state index in [4.69, 9.17) is 16.3 Å². The van der Waals surface area contributed by atoms with E-state index in [0.717, 1.165) is 15.8 Å². The maximum Gasteiger partial charge on any atom is 0.127 e. The highest BCUT2D eigenvalue weighted by molar-refractivity contribution is 9.11. The molecule has 0 radical (unpaired) electrons. The molecule has 0 saturated carbocycles. The molecule has 0 bridgehead atoms. The van der Waals surface area contributed by atoms with E-state index >= 15 is 0 Å². The highest BCUT2D eigenvalue weighted by atomic mass is 79.9. The minimum atomic E-state index is -0.286. The van der Waals surface area contributed by atoms with Gasteiger partial charge in [0.1, 0.15) is 11.6 Å². The molecule has 0 aliphatic rings. The Morgan fingerprint density at radius 3 is 2.65 bits per heavy atom. The lowest BCUT2D eigenvalue weighted by atomic mass is 10.0. The fourth-order valence-electron chi connectivity index (χ4n) is 1.91. The summed E-state index contributed by atoms with van der Waals surface area (Å²) in [5, 5.41) is 0.444. The first kappa shape index (κ1) is 15.8. The van der Waals surface area contributed by atoms with Gasteiger partial charge in [0.05, 0.1) is 7.11 Å². The van der Waals surface area contributed by atoms with Crippen LogP contribution in [0.15, 0.2) is 40.9 Å². The molecular formula is C15H12Br2ClFO. The van der Waals surface area contributed by atoms with Gasteiger partial charge in [-0.25, -0.2) is 4.39 Å². The Kier molecular flexibility index (Phi) is 5.47. The zero-order valence-corrected chi connectivity index (χ0v) is 14.6. The van der Waals surface area contributed by atoms with Crippen molar-refractivity contribution in [1.29, 1.82) is 0 Å². The molecule has 2 aromatic rings. The Morgan fingerprint density at radius 2 is 2.05 bits per heavy atom. The van der Waals surface area contributed by atoms with Gasteiger partial charge in [0.25, 0.3) is 0 Å². The van der Waals surface area contributed by atoms with Crippen LogP contribution >= 0.6 is 43.5 Å². The van der Waals surface area contributed by atoms with Crippen LogP contribution < -0.4 is 4.74 Å². The van der Waals surface area contributed by atoms with E-state index in [9.17, 15) is 4.39 Å². The van der Waals surface area contributed by atoms with Crippen molar-refractivity contribution in [1.82, 2.24) is 0 Å². The monoisotopic (exact) mass is 420 g/mol. The fourth-order valence-corrected chi connectivity index (χ4v) is 3.81. The van der Waals surface area contributed by atoms with Crippen LogP contribution in [-0.4, -0.2) is 7.11 Å². The number of methoxy groups -OCH3 is 1. The molecule has 0 amide bonds. The first-order valence-electron chi connectivity index (χ1n) is 5.93. The number of halogens is 4. The average molecular weight is 423 g/mol. The summed E-state index contributed by atoms with van der Waals surface area (Å²) in [4.78, 5) is -0.0443. The van der Waals surface area contributed by atoms with E-state index < -0.39 is 0 Å². The zero-order valence-electron chi connectivity index (χ0n) is 10.7. The van der Waals surface area contributed by atoms with E-state index in [-0.39, 0.29) is 10.6 Å². The van der Waals surface area contributed by atoms with Crippen molar-refractivity contribution in [2.45, 2.75) is 11.2 Å². The van der Waals surface area contributed by atoms with Gasteiger partial charge in [-0.3, -0.25) is 0 Å². The summed E-state index contributed by atoms with van der Waals surface area (Å²) in [6.07, 6.45) is 0.469. The fraction of sp³-hybridized carbons (Fsp3) is 0.200. The minimum Gasteiger partial charge on any atom is -0.497 e. The summed E-state index contributed by atoms with van der Waals surface area (Å²) in [5.74, 6) is 0.482.